The summed E-state index contributed by atoms with van der Waals surface area (Å²) in [4.78, 5) is 0. The number of aryl methyl sites for hydroxylation is 1. The van der Waals surface area contributed by atoms with Gasteiger partial charge in [0.1, 0.15) is 5.82 Å². The van der Waals surface area contributed by atoms with Crippen molar-refractivity contribution in [2.24, 2.45) is 5.73 Å². The van der Waals surface area contributed by atoms with Crippen LogP contribution < -0.4 is 5.73 Å². The highest BCUT2D eigenvalue weighted by molar-refractivity contribution is 5.34. The lowest BCUT2D eigenvalue weighted by atomic mass is 9.88. The van der Waals surface area contributed by atoms with E-state index < -0.39 is 5.54 Å². The van der Waals surface area contributed by atoms with Crippen molar-refractivity contribution in [1.82, 2.24) is 0 Å². The van der Waals surface area contributed by atoms with Gasteiger partial charge in [-0.1, -0.05) is 19.1 Å². The third kappa shape index (κ3) is 1.94. The van der Waals surface area contributed by atoms with Gasteiger partial charge in [-0.15, -0.1) is 0 Å². The summed E-state index contributed by atoms with van der Waals surface area (Å²) in [5, 5.41) is 9.10. The van der Waals surface area contributed by atoms with Crippen molar-refractivity contribution in [1.29, 1.82) is 0 Å². The quantitative estimate of drug-likeness (QED) is 0.772. The number of aliphatic hydroxyl groups excluding tert-OH is 1. The molecule has 0 radical (unpaired) electrons. The average molecular weight is 197 g/mol. The molecule has 3 N–H and O–H groups in total. The molecule has 0 saturated carbocycles. The van der Waals surface area contributed by atoms with Crippen LogP contribution in [-0.2, 0) is 12.0 Å². The zero-order chi connectivity index (χ0) is 10.8. The number of halogens is 1. The minimum Gasteiger partial charge on any atom is -0.394 e. The first-order chi connectivity index (χ1) is 6.53. The molecule has 0 amide bonds. The fourth-order valence-corrected chi connectivity index (χ4v) is 1.58. The Morgan fingerprint density at radius 3 is 2.64 bits per heavy atom. The van der Waals surface area contributed by atoms with Gasteiger partial charge in [-0.05, 0) is 25.0 Å². The Kier molecular flexibility index (Phi) is 3.24. The average Bonchev–Trinajstić information content (AvgIpc) is 2.17. The van der Waals surface area contributed by atoms with Gasteiger partial charge < -0.3 is 10.8 Å². The van der Waals surface area contributed by atoms with Crippen molar-refractivity contribution >= 4 is 0 Å². The highest BCUT2D eigenvalue weighted by Gasteiger charge is 2.26. The number of hydrogen-bond acceptors (Lipinski definition) is 2. The summed E-state index contributed by atoms with van der Waals surface area (Å²) in [7, 11) is 0. The molecule has 0 aliphatic carbocycles. The van der Waals surface area contributed by atoms with Gasteiger partial charge in [0, 0.05) is 5.56 Å². The molecule has 0 saturated heterocycles. The largest absolute Gasteiger partial charge is 0.394 e. The van der Waals surface area contributed by atoms with Crippen molar-refractivity contribution in [3.05, 3.63) is 35.1 Å². The van der Waals surface area contributed by atoms with Crippen LogP contribution in [0.3, 0.4) is 0 Å². The summed E-state index contributed by atoms with van der Waals surface area (Å²) in [6, 6.07) is 4.86. The Labute approximate surface area is 83.6 Å². The normalized spacial score (nSPS) is 15.2. The van der Waals surface area contributed by atoms with Crippen LogP contribution in [0.2, 0.25) is 0 Å². The molecule has 1 rings (SSSR count). The van der Waals surface area contributed by atoms with Crippen molar-refractivity contribution in [2.75, 3.05) is 6.61 Å². The van der Waals surface area contributed by atoms with Gasteiger partial charge in [-0.3, -0.25) is 0 Å². The molecule has 0 unspecified atom stereocenters. The predicted molar refractivity (Wildman–Crippen MR) is 54.4 cm³/mol. The molecule has 3 heteroatoms. The zero-order valence-corrected chi connectivity index (χ0v) is 8.55. The number of aliphatic hydroxyl groups is 1. The van der Waals surface area contributed by atoms with Gasteiger partial charge in [-0.2, -0.15) is 0 Å². The van der Waals surface area contributed by atoms with Gasteiger partial charge in [0.25, 0.3) is 0 Å². The second kappa shape index (κ2) is 4.07. The Morgan fingerprint density at radius 1 is 1.50 bits per heavy atom. The zero-order valence-electron chi connectivity index (χ0n) is 8.55. The Hall–Kier alpha value is -0.930. The van der Waals surface area contributed by atoms with Crippen LogP contribution in [0.1, 0.15) is 25.0 Å². The van der Waals surface area contributed by atoms with Gasteiger partial charge >= 0.3 is 0 Å². The van der Waals surface area contributed by atoms with Crippen LogP contribution in [0.4, 0.5) is 4.39 Å². The molecule has 0 aliphatic rings. The van der Waals surface area contributed by atoms with Crippen LogP contribution in [0, 0.1) is 5.82 Å². The second-order valence-electron chi connectivity index (χ2n) is 3.70. The molecule has 1 atom stereocenters. The molecule has 0 aliphatic heterocycles. The molecular formula is C11H16FNO. The summed E-state index contributed by atoms with van der Waals surface area (Å²) < 4.78 is 13.5. The van der Waals surface area contributed by atoms with Gasteiger partial charge in [0.15, 0.2) is 0 Å². The summed E-state index contributed by atoms with van der Waals surface area (Å²) >= 11 is 0. The fourth-order valence-electron chi connectivity index (χ4n) is 1.58. The van der Waals surface area contributed by atoms with E-state index in [2.05, 4.69) is 0 Å². The molecule has 0 aromatic heterocycles. The van der Waals surface area contributed by atoms with Crippen LogP contribution in [0.25, 0.3) is 0 Å². The first-order valence-corrected chi connectivity index (χ1v) is 4.70. The van der Waals surface area contributed by atoms with E-state index in [0.29, 0.717) is 12.0 Å². The monoisotopic (exact) mass is 197 g/mol. The van der Waals surface area contributed by atoms with Crippen LogP contribution in [-0.4, -0.2) is 11.7 Å². The topological polar surface area (TPSA) is 46.2 Å². The van der Waals surface area contributed by atoms with Crippen molar-refractivity contribution < 1.29 is 9.50 Å². The van der Waals surface area contributed by atoms with Gasteiger partial charge in [0.2, 0.25) is 0 Å². The summed E-state index contributed by atoms with van der Waals surface area (Å²) in [6.45, 7) is 3.30. The first-order valence-electron chi connectivity index (χ1n) is 4.70. The van der Waals surface area contributed by atoms with Crippen molar-refractivity contribution in [3.8, 4) is 0 Å². The fraction of sp³-hybridized carbons (Fsp3) is 0.455. The Morgan fingerprint density at radius 2 is 2.14 bits per heavy atom. The molecule has 0 heterocycles. The minimum absolute atomic E-state index is 0.263. The maximum atomic E-state index is 13.5. The summed E-state index contributed by atoms with van der Waals surface area (Å²) in [6.07, 6.45) is 0.708. The van der Waals surface area contributed by atoms with Gasteiger partial charge in [0.05, 0.1) is 12.1 Å². The molecule has 2 nitrogen and oxygen atoms in total. The number of hydrogen-bond donors (Lipinski definition) is 2. The first kappa shape index (κ1) is 11.1. The Bertz CT molecular complexity index is 323. The summed E-state index contributed by atoms with van der Waals surface area (Å²) in [5.74, 6) is -0.344. The molecule has 14 heavy (non-hydrogen) atoms. The molecular weight excluding hydrogens is 181 g/mol. The van der Waals surface area contributed by atoms with Crippen LogP contribution in [0.5, 0.6) is 0 Å². The molecule has 0 spiro atoms. The van der Waals surface area contributed by atoms with E-state index >= 15 is 0 Å². The number of benzene rings is 1. The molecule has 1 aromatic rings. The van der Waals surface area contributed by atoms with E-state index in [0.717, 1.165) is 5.56 Å². The van der Waals surface area contributed by atoms with Crippen LogP contribution >= 0.6 is 0 Å². The van der Waals surface area contributed by atoms with Crippen molar-refractivity contribution in [3.63, 3.8) is 0 Å². The van der Waals surface area contributed by atoms with E-state index in [-0.39, 0.29) is 12.4 Å². The molecule has 0 bridgehead atoms. The van der Waals surface area contributed by atoms with E-state index in [1.807, 2.05) is 13.0 Å². The standard InChI is InChI=1S/C11H16FNO/c1-3-8-5-4-6-9(12)10(8)11(2,13)7-14/h4-6,14H,3,7,13H2,1-2H3/t11-/m1/s1. The van der Waals surface area contributed by atoms with Gasteiger partial charge in [-0.25, -0.2) is 4.39 Å². The molecule has 1 aromatic carbocycles. The molecule has 0 fully saturated rings. The Balaban J connectivity index is 3.30. The highest BCUT2D eigenvalue weighted by atomic mass is 19.1. The maximum Gasteiger partial charge on any atom is 0.128 e. The van der Waals surface area contributed by atoms with E-state index in [1.54, 1.807) is 13.0 Å². The van der Waals surface area contributed by atoms with E-state index in [9.17, 15) is 4.39 Å². The third-order valence-electron chi connectivity index (χ3n) is 2.38. The highest BCUT2D eigenvalue weighted by Crippen LogP contribution is 2.25. The smallest absolute Gasteiger partial charge is 0.128 e. The van der Waals surface area contributed by atoms with Crippen molar-refractivity contribution in [2.45, 2.75) is 25.8 Å². The number of nitrogens with two attached hydrogens (primary N) is 1. The SMILES string of the molecule is CCc1cccc(F)c1[C@](C)(N)CO. The maximum absolute atomic E-state index is 13.5. The lowest BCUT2D eigenvalue weighted by Gasteiger charge is -2.25. The van der Waals surface area contributed by atoms with E-state index in [1.165, 1.54) is 6.07 Å². The second-order valence-corrected chi connectivity index (χ2v) is 3.70. The molecule has 78 valence electrons. The van der Waals surface area contributed by atoms with E-state index in [4.69, 9.17) is 10.8 Å². The summed E-state index contributed by atoms with van der Waals surface area (Å²) in [5.41, 5.74) is 6.09. The van der Waals surface area contributed by atoms with Crippen LogP contribution in [0.15, 0.2) is 18.2 Å². The minimum atomic E-state index is -1.00. The lowest BCUT2D eigenvalue weighted by Crippen LogP contribution is -2.38. The predicted octanol–water partition coefficient (Wildman–Crippen LogP) is 1.55. The number of rotatable bonds is 3. The third-order valence-corrected chi connectivity index (χ3v) is 2.38. The lowest BCUT2D eigenvalue weighted by molar-refractivity contribution is 0.205.